The number of halogens is 2. The van der Waals surface area contributed by atoms with Gasteiger partial charge in [-0.25, -0.2) is 0 Å². The quantitative estimate of drug-likeness (QED) is 0.630. The van der Waals surface area contributed by atoms with Gasteiger partial charge in [-0.3, -0.25) is 4.79 Å². The van der Waals surface area contributed by atoms with Gasteiger partial charge in [0, 0.05) is 6.42 Å². The molecule has 0 atom stereocenters. The molecular formula is C4H4Cl2OS. The number of hydrogen-bond acceptors (Lipinski definition) is 1. The van der Waals surface area contributed by atoms with Gasteiger partial charge in [0.05, 0.1) is 0 Å². The lowest BCUT2D eigenvalue weighted by molar-refractivity contribution is -0.110. The summed E-state index contributed by atoms with van der Waals surface area (Å²) < 4.78 is 0.104. The van der Waals surface area contributed by atoms with E-state index in [-0.39, 0.29) is 16.0 Å². The van der Waals surface area contributed by atoms with E-state index in [0.717, 1.165) is 0 Å². The Hall–Kier alpha value is 0.340. The smallest absolute Gasteiger partial charge is 0.189 e. The zero-order valence-corrected chi connectivity index (χ0v) is 6.30. The van der Waals surface area contributed by atoms with E-state index in [1.165, 1.54) is 6.08 Å². The molecule has 1 nitrogen and oxygen atoms in total. The first-order chi connectivity index (χ1) is 3.63. The summed E-state index contributed by atoms with van der Waals surface area (Å²) in [7, 11) is 0. The van der Waals surface area contributed by atoms with Crippen LogP contribution in [0.25, 0.3) is 0 Å². The van der Waals surface area contributed by atoms with Crippen LogP contribution in [0.1, 0.15) is 6.42 Å². The monoisotopic (exact) mass is 170 g/mol. The van der Waals surface area contributed by atoms with Crippen molar-refractivity contribution < 1.29 is 4.79 Å². The maximum Gasteiger partial charge on any atom is 0.189 e. The highest BCUT2D eigenvalue weighted by Crippen LogP contribution is 2.07. The molecule has 0 amide bonds. The van der Waals surface area contributed by atoms with E-state index in [1.54, 1.807) is 0 Å². The van der Waals surface area contributed by atoms with E-state index in [2.05, 4.69) is 12.6 Å². The number of hydrogen-bond donors (Lipinski definition) is 1. The average Bonchev–Trinajstić information content (AvgIpc) is 1.61. The minimum atomic E-state index is -0.246. The lowest BCUT2D eigenvalue weighted by Gasteiger charge is -1.80. The fourth-order valence-corrected chi connectivity index (χ4v) is 0.410. The first kappa shape index (κ1) is 8.34. The molecule has 0 aliphatic carbocycles. The third kappa shape index (κ3) is 6.34. The maximum atomic E-state index is 10.1. The second kappa shape index (κ2) is 4.24. The van der Waals surface area contributed by atoms with Crippen LogP contribution in [0.5, 0.6) is 0 Å². The van der Waals surface area contributed by atoms with Crippen LogP contribution in [0, 0.1) is 0 Å². The van der Waals surface area contributed by atoms with Crippen molar-refractivity contribution in [2.45, 2.75) is 6.42 Å². The van der Waals surface area contributed by atoms with Gasteiger partial charge in [-0.2, -0.15) is 0 Å². The Morgan fingerprint density at radius 3 is 2.25 bits per heavy atom. The topological polar surface area (TPSA) is 17.1 Å². The Kier molecular flexibility index (Phi) is 4.42. The van der Waals surface area contributed by atoms with Gasteiger partial charge in [0.25, 0.3) is 0 Å². The van der Waals surface area contributed by atoms with Crippen molar-refractivity contribution in [2.24, 2.45) is 0 Å². The van der Waals surface area contributed by atoms with Crippen molar-refractivity contribution in [2.75, 3.05) is 0 Å². The van der Waals surface area contributed by atoms with Crippen molar-refractivity contribution >= 4 is 40.9 Å². The van der Waals surface area contributed by atoms with Gasteiger partial charge in [0.15, 0.2) is 5.12 Å². The average molecular weight is 171 g/mol. The molecule has 0 aromatic heterocycles. The number of thiol groups is 1. The number of carbonyl (C=O) groups is 1. The molecule has 0 unspecified atom stereocenters. The second-order valence-electron chi connectivity index (χ2n) is 1.09. The van der Waals surface area contributed by atoms with Gasteiger partial charge in [0.2, 0.25) is 0 Å². The van der Waals surface area contributed by atoms with Crippen molar-refractivity contribution in [3.8, 4) is 0 Å². The summed E-state index contributed by atoms with van der Waals surface area (Å²) in [5.41, 5.74) is 0. The summed E-state index contributed by atoms with van der Waals surface area (Å²) in [4.78, 5) is 10.1. The summed E-state index contributed by atoms with van der Waals surface area (Å²) in [6.07, 6.45) is 1.57. The van der Waals surface area contributed by atoms with Crippen LogP contribution in [-0.4, -0.2) is 5.12 Å². The summed E-state index contributed by atoms with van der Waals surface area (Å²) in [6, 6.07) is 0. The Balaban J connectivity index is 3.45. The van der Waals surface area contributed by atoms with E-state index in [9.17, 15) is 4.79 Å². The first-order valence-electron chi connectivity index (χ1n) is 1.86. The lowest BCUT2D eigenvalue weighted by Crippen LogP contribution is -1.79. The van der Waals surface area contributed by atoms with Gasteiger partial charge >= 0.3 is 0 Å². The number of carbonyl (C=O) groups excluding carboxylic acids is 1. The maximum absolute atomic E-state index is 10.1. The van der Waals surface area contributed by atoms with Crippen LogP contribution in [0.2, 0.25) is 0 Å². The molecule has 0 radical (unpaired) electrons. The summed E-state index contributed by atoms with van der Waals surface area (Å²) in [5, 5.41) is -0.246. The highest BCUT2D eigenvalue weighted by molar-refractivity contribution is 7.96. The zero-order valence-electron chi connectivity index (χ0n) is 3.90. The Morgan fingerprint density at radius 1 is 1.62 bits per heavy atom. The molecule has 46 valence electrons. The Morgan fingerprint density at radius 2 is 2.12 bits per heavy atom. The molecule has 0 spiro atoms. The summed E-state index contributed by atoms with van der Waals surface area (Å²) in [5.74, 6) is 0. The zero-order chi connectivity index (χ0) is 6.57. The molecule has 0 N–H and O–H groups in total. The molecule has 0 fully saturated rings. The van der Waals surface area contributed by atoms with Crippen LogP contribution in [0.3, 0.4) is 0 Å². The fourth-order valence-electron chi connectivity index (χ4n) is 0.164. The van der Waals surface area contributed by atoms with Crippen LogP contribution in [0.4, 0.5) is 0 Å². The molecule has 0 heterocycles. The molecule has 8 heavy (non-hydrogen) atoms. The van der Waals surface area contributed by atoms with Crippen molar-refractivity contribution in [1.82, 2.24) is 0 Å². The minimum absolute atomic E-state index is 0.104. The molecule has 4 heteroatoms. The van der Waals surface area contributed by atoms with Gasteiger partial charge in [-0.1, -0.05) is 23.2 Å². The molecule has 0 rings (SSSR count). The molecule has 0 saturated carbocycles. The third-order valence-electron chi connectivity index (χ3n) is 0.431. The predicted octanol–water partition coefficient (Wildman–Crippen LogP) is 2.15. The van der Waals surface area contributed by atoms with Crippen LogP contribution in [-0.2, 0) is 4.79 Å². The predicted molar refractivity (Wildman–Crippen MR) is 38.4 cm³/mol. The molecule has 0 bridgehead atoms. The van der Waals surface area contributed by atoms with Crippen LogP contribution < -0.4 is 0 Å². The SMILES string of the molecule is O=C(S)CC=C(Cl)Cl. The second-order valence-corrected chi connectivity index (χ2v) is 2.60. The third-order valence-corrected chi connectivity index (χ3v) is 0.922. The number of allylic oxidation sites excluding steroid dienone is 1. The standard InChI is InChI=1S/C4H4Cl2OS/c5-3(6)1-2-4(7)8/h1H,2H2,(H,7,8). The van der Waals surface area contributed by atoms with Crippen molar-refractivity contribution in [1.29, 1.82) is 0 Å². The van der Waals surface area contributed by atoms with Crippen LogP contribution >= 0.6 is 35.8 Å². The molecule has 0 aromatic carbocycles. The van der Waals surface area contributed by atoms with E-state index < -0.39 is 0 Å². The van der Waals surface area contributed by atoms with E-state index >= 15 is 0 Å². The lowest BCUT2D eigenvalue weighted by atomic mass is 10.5. The van der Waals surface area contributed by atoms with E-state index in [0.29, 0.717) is 0 Å². The highest BCUT2D eigenvalue weighted by atomic mass is 35.5. The Labute approximate surface area is 63.1 Å². The van der Waals surface area contributed by atoms with E-state index in [4.69, 9.17) is 23.2 Å². The van der Waals surface area contributed by atoms with Gasteiger partial charge in [-0.05, 0) is 6.08 Å². The Bertz CT molecular complexity index is 117. The van der Waals surface area contributed by atoms with E-state index in [1.807, 2.05) is 0 Å². The largest absolute Gasteiger partial charge is 0.287 e. The number of rotatable bonds is 2. The molecule has 0 aliphatic heterocycles. The molecular weight excluding hydrogens is 167 g/mol. The normalized spacial score (nSPS) is 8.38. The van der Waals surface area contributed by atoms with Gasteiger partial charge in [-0.15, -0.1) is 12.6 Å². The summed E-state index contributed by atoms with van der Waals surface area (Å²) >= 11 is 13.8. The van der Waals surface area contributed by atoms with Gasteiger partial charge in [0.1, 0.15) is 4.49 Å². The molecule has 0 aliphatic rings. The van der Waals surface area contributed by atoms with Gasteiger partial charge < -0.3 is 0 Å². The molecule has 0 saturated heterocycles. The van der Waals surface area contributed by atoms with Crippen molar-refractivity contribution in [3.05, 3.63) is 10.6 Å². The van der Waals surface area contributed by atoms with Crippen LogP contribution in [0.15, 0.2) is 10.6 Å². The summed E-state index contributed by atoms with van der Waals surface area (Å²) in [6.45, 7) is 0. The minimum Gasteiger partial charge on any atom is -0.287 e. The first-order valence-corrected chi connectivity index (χ1v) is 3.06. The molecule has 0 aromatic rings. The fraction of sp³-hybridized carbons (Fsp3) is 0.250. The van der Waals surface area contributed by atoms with Crippen molar-refractivity contribution in [3.63, 3.8) is 0 Å². The highest BCUT2D eigenvalue weighted by Gasteiger charge is 1.88.